The summed E-state index contributed by atoms with van der Waals surface area (Å²) in [6, 6.07) is 22.1. The molecule has 1 unspecified atom stereocenters. The predicted molar refractivity (Wildman–Crippen MR) is 133 cm³/mol. The number of carbonyl (C=O) groups is 1. The highest BCUT2D eigenvalue weighted by atomic mass is 35.5. The van der Waals surface area contributed by atoms with Crippen molar-refractivity contribution in [3.05, 3.63) is 88.4 Å². The summed E-state index contributed by atoms with van der Waals surface area (Å²) in [7, 11) is 3.39. The van der Waals surface area contributed by atoms with E-state index in [2.05, 4.69) is 15.5 Å². The van der Waals surface area contributed by atoms with E-state index in [1.54, 1.807) is 31.4 Å². The van der Waals surface area contributed by atoms with Gasteiger partial charge in [0.25, 0.3) is 0 Å². The Kier molecular flexibility index (Phi) is 7.23. The highest BCUT2D eigenvalue weighted by Crippen LogP contribution is 2.37. The van der Waals surface area contributed by atoms with E-state index in [0.717, 1.165) is 11.1 Å². The van der Waals surface area contributed by atoms with Gasteiger partial charge in [-0.05, 0) is 35.9 Å². The van der Waals surface area contributed by atoms with Crippen LogP contribution in [0, 0.1) is 0 Å². The van der Waals surface area contributed by atoms with E-state index in [0.29, 0.717) is 32.5 Å². The van der Waals surface area contributed by atoms with Crippen molar-refractivity contribution in [3.63, 3.8) is 0 Å². The van der Waals surface area contributed by atoms with E-state index in [1.807, 2.05) is 60.1 Å². The molecule has 1 N–H and O–H groups in total. The Bertz CT molecular complexity index is 1280. The molecule has 0 bridgehead atoms. The smallest absolute Gasteiger partial charge is 0.242 e. The molecule has 0 aliphatic carbocycles. The van der Waals surface area contributed by atoms with E-state index in [4.69, 9.17) is 27.9 Å². The second kappa shape index (κ2) is 10.3. The van der Waals surface area contributed by atoms with Crippen molar-refractivity contribution in [1.82, 2.24) is 14.8 Å². The van der Waals surface area contributed by atoms with Gasteiger partial charge in [0.2, 0.25) is 5.91 Å². The van der Waals surface area contributed by atoms with Crippen molar-refractivity contribution in [2.45, 2.75) is 10.4 Å². The van der Waals surface area contributed by atoms with Crippen molar-refractivity contribution in [2.75, 3.05) is 12.4 Å². The summed E-state index contributed by atoms with van der Waals surface area (Å²) in [6.45, 7) is 0. The Morgan fingerprint density at radius 2 is 1.73 bits per heavy atom. The number of nitrogens with zero attached hydrogens (tertiary/aromatic N) is 3. The Hall–Kier alpha value is -3.00. The molecule has 0 fully saturated rings. The third-order valence-electron chi connectivity index (χ3n) is 4.93. The molecule has 1 heterocycles. The van der Waals surface area contributed by atoms with Gasteiger partial charge in [0.1, 0.15) is 11.0 Å². The lowest BCUT2D eigenvalue weighted by molar-refractivity contribution is -0.115. The zero-order valence-corrected chi connectivity index (χ0v) is 20.2. The van der Waals surface area contributed by atoms with Crippen LogP contribution in [0.1, 0.15) is 10.8 Å². The largest absolute Gasteiger partial charge is 0.495 e. The molecule has 0 aliphatic rings. The fourth-order valence-corrected chi connectivity index (χ4v) is 4.73. The average molecular weight is 499 g/mol. The molecule has 33 heavy (non-hydrogen) atoms. The van der Waals surface area contributed by atoms with Crippen LogP contribution in [0.3, 0.4) is 0 Å². The highest BCUT2D eigenvalue weighted by Gasteiger charge is 2.26. The fraction of sp³-hybridized carbons (Fsp3) is 0.125. The van der Waals surface area contributed by atoms with Gasteiger partial charge in [-0.15, -0.1) is 10.2 Å². The molecule has 0 spiro atoms. The zero-order chi connectivity index (χ0) is 23.4. The molecule has 1 amide bonds. The van der Waals surface area contributed by atoms with Crippen molar-refractivity contribution in [1.29, 1.82) is 0 Å². The molecule has 1 atom stereocenters. The number of nitrogens with one attached hydrogen (secondary N) is 1. The van der Waals surface area contributed by atoms with Gasteiger partial charge in [0.15, 0.2) is 11.0 Å². The molecule has 4 aromatic rings. The Morgan fingerprint density at radius 3 is 2.42 bits per heavy atom. The van der Waals surface area contributed by atoms with Gasteiger partial charge in [-0.2, -0.15) is 0 Å². The number of rotatable bonds is 7. The van der Waals surface area contributed by atoms with Gasteiger partial charge >= 0.3 is 0 Å². The van der Waals surface area contributed by atoms with Gasteiger partial charge in [-0.25, -0.2) is 0 Å². The summed E-state index contributed by atoms with van der Waals surface area (Å²) in [4.78, 5) is 13.3. The maximum Gasteiger partial charge on any atom is 0.242 e. The van der Waals surface area contributed by atoms with Crippen molar-refractivity contribution < 1.29 is 9.53 Å². The minimum Gasteiger partial charge on any atom is -0.495 e. The van der Waals surface area contributed by atoms with Crippen LogP contribution in [0.25, 0.3) is 11.4 Å². The molecular formula is C24H20Cl2N4O2S. The van der Waals surface area contributed by atoms with Crippen LogP contribution in [0.2, 0.25) is 10.0 Å². The summed E-state index contributed by atoms with van der Waals surface area (Å²) in [5.41, 5.74) is 2.18. The third kappa shape index (κ3) is 5.16. The van der Waals surface area contributed by atoms with E-state index in [-0.39, 0.29) is 5.91 Å². The quantitative estimate of drug-likeness (QED) is 0.304. The number of ether oxygens (including phenoxy) is 1. The number of thioether (sulfide) groups is 1. The minimum absolute atomic E-state index is 0.213. The molecule has 0 saturated heterocycles. The lowest BCUT2D eigenvalue weighted by atomic mass is 10.1. The molecule has 3 aromatic carbocycles. The maximum atomic E-state index is 13.3. The van der Waals surface area contributed by atoms with Crippen molar-refractivity contribution in [3.8, 4) is 17.1 Å². The molecule has 9 heteroatoms. The third-order valence-corrected chi connectivity index (χ3v) is 6.85. The second-order valence-corrected chi connectivity index (χ2v) is 8.98. The summed E-state index contributed by atoms with van der Waals surface area (Å²) >= 11 is 13.9. The summed E-state index contributed by atoms with van der Waals surface area (Å²) in [5.74, 6) is 0.946. The number of amides is 1. The summed E-state index contributed by atoms with van der Waals surface area (Å²) in [5, 5.41) is 12.6. The molecule has 4 rings (SSSR count). The standard InChI is InChI=1S/C24H20Cl2N4O2S/c1-30-22(17-10-6-7-11-18(17)25)28-29-24(30)33-21(15-8-4-3-5-9-15)23(31)27-16-12-13-20(32-2)19(26)14-16/h3-14,21H,1-2H3,(H,27,31). The van der Waals surface area contributed by atoms with Crippen LogP contribution in [0.15, 0.2) is 78.0 Å². The van der Waals surface area contributed by atoms with Crippen LogP contribution in [-0.4, -0.2) is 27.8 Å². The first-order chi connectivity index (χ1) is 16.0. The van der Waals surface area contributed by atoms with Crippen LogP contribution in [-0.2, 0) is 11.8 Å². The van der Waals surface area contributed by atoms with E-state index in [9.17, 15) is 4.79 Å². The summed E-state index contributed by atoms with van der Waals surface area (Å²) in [6.07, 6.45) is 0. The van der Waals surface area contributed by atoms with Gasteiger partial charge < -0.3 is 14.6 Å². The number of benzene rings is 3. The topological polar surface area (TPSA) is 69.0 Å². The SMILES string of the molecule is COc1ccc(NC(=O)C(Sc2nnc(-c3ccccc3Cl)n2C)c2ccccc2)cc1Cl. The van der Waals surface area contributed by atoms with E-state index < -0.39 is 5.25 Å². The van der Waals surface area contributed by atoms with Gasteiger partial charge in [0, 0.05) is 18.3 Å². The van der Waals surface area contributed by atoms with Crippen molar-refractivity contribution >= 4 is 46.6 Å². The first-order valence-corrected chi connectivity index (χ1v) is 11.6. The minimum atomic E-state index is -0.575. The van der Waals surface area contributed by atoms with Crippen LogP contribution >= 0.6 is 35.0 Å². The van der Waals surface area contributed by atoms with E-state index in [1.165, 1.54) is 11.8 Å². The molecule has 0 aliphatic heterocycles. The molecule has 6 nitrogen and oxygen atoms in total. The number of carbonyl (C=O) groups excluding carboxylic acids is 1. The molecule has 0 radical (unpaired) electrons. The van der Waals surface area contributed by atoms with E-state index >= 15 is 0 Å². The normalized spacial score (nSPS) is 11.8. The zero-order valence-electron chi connectivity index (χ0n) is 17.8. The number of hydrogen-bond donors (Lipinski definition) is 1. The first-order valence-electron chi connectivity index (χ1n) is 9.98. The fourth-order valence-electron chi connectivity index (χ4n) is 3.25. The lowest BCUT2D eigenvalue weighted by Gasteiger charge is -2.17. The Labute approximate surface area is 205 Å². The first kappa shape index (κ1) is 23.2. The monoisotopic (exact) mass is 498 g/mol. The van der Waals surface area contributed by atoms with Gasteiger partial charge in [0.05, 0.1) is 17.2 Å². The predicted octanol–water partition coefficient (Wildman–Crippen LogP) is 6.27. The second-order valence-electron chi connectivity index (χ2n) is 7.09. The lowest BCUT2D eigenvalue weighted by Crippen LogP contribution is -2.19. The number of methoxy groups -OCH3 is 1. The van der Waals surface area contributed by atoms with Crippen LogP contribution in [0.5, 0.6) is 5.75 Å². The number of aromatic nitrogens is 3. The van der Waals surface area contributed by atoms with Crippen LogP contribution < -0.4 is 10.1 Å². The van der Waals surface area contributed by atoms with Gasteiger partial charge in [-0.1, -0.05) is 77.4 Å². The molecule has 0 saturated carbocycles. The average Bonchev–Trinajstić information content (AvgIpc) is 3.18. The van der Waals surface area contributed by atoms with Crippen molar-refractivity contribution in [2.24, 2.45) is 7.05 Å². The number of halogens is 2. The number of anilines is 1. The Balaban J connectivity index is 1.63. The molecule has 168 valence electrons. The summed E-state index contributed by atoms with van der Waals surface area (Å²) < 4.78 is 7.02. The van der Waals surface area contributed by atoms with Gasteiger partial charge in [-0.3, -0.25) is 4.79 Å². The molecular weight excluding hydrogens is 479 g/mol. The Morgan fingerprint density at radius 1 is 1.00 bits per heavy atom. The molecule has 1 aromatic heterocycles. The number of hydrogen-bond acceptors (Lipinski definition) is 5. The highest BCUT2D eigenvalue weighted by molar-refractivity contribution is 8.00. The van der Waals surface area contributed by atoms with Crippen LogP contribution in [0.4, 0.5) is 5.69 Å². The maximum absolute atomic E-state index is 13.3.